The summed E-state index contributed by atoms with van der Waals surface area (Å²) in [6, 6.07) is 0.391. The maximum absolute atomic E-state index is 11.1. The van der Waals surface area contributed by atoms with E-state index in [-0.39, 0.29) is 11.5 Å². The largest absolute Gasteiger partial charge is 0.377 e. The number of piperidine rings is 1. The van der Waals surface area contributed by atoms with E-state index in [4.69, 9.17) is 10.6 Å². The fourth-order valence-corrected chi connectivity index (χ4v) is 2.38. The zero-order valence-corrected chi connectivity index (χ0v) is 11.2. The number of hydrogen-bond donors (Lipinski definition) is 2. The van der Waals surface area contributed by atoms with Crippen molar-refractivity contribution < 1.29 is 9.53 Å². The normalized spacial score (nSPS) is 27.8. The van der Waals surface area contributed by atoms with Gasteiger partial charge in [-0.3, -0.25) is 15.1 Å². The third kappa shape index (κ3) is 4.26. The molecule has 1 saturated heterocycles. The first kappa shape index (κ1) is 14.4. The van der Waals surface area contributed by atoms with Crippen LogP contribution in [0.1, 0.15) is 39.5 Å². The van der Waals surface area contributed by atoms with Crippen molar-refractivity contribution in [3.63, 3.8) is 0 Å². The van der Waals surface area contributed by atoms with Crippen LogP contribution in [0.25, 0.3) is 0 Å². The molecular weight excluding hydrogens is 218 g/mol. The number of amides is 1. The molecule has 0 aromatic rings. The number of methoxy groups -OCH3 is 1. The third-order valence-corrected chi connectivity index (χ3v) is 3.75. The van der Waals surface area contributed by atoms with Crippen molar-refractivity contribution in [1.82, 2.24) is 10.3 Å². The molecule has 1 aliphatic rings. The molecule has 1 heterocycles. The molecule has 5 heteroatoms. The summed E-state index contributed by atoms with van der Waals surface area (Å²) in [5.74, 6) is 4.97. The number of nitrogens with zero attached hydrogens (tertiary/aromatic N) is 1. The summed E-state index contributed by atoms with van der Waals surface area (Å²) in [6.07, 6.45) is 3.58. The molecule has 0 saturated carbocycles. The lowest BCUT2D eigenvalue weighted by Gasteiger charge is -2.42. The summed E-state index contributed by atoms with van der Waals surface area (Å²) in [5.41, 5.74) is 2.13. The number of rotatable bonds is 5. The van der Waals surface area contributed by atoms with Gasteiger partial charge in [-0.2, -0.15) is 0 Å². The average Bonchev–Trinajstić information content (AvgIpc) is 2.35. The molecule has 1 amide bonds. The van der Waals surface area contributed by atoms with E-state index in [1.54, 1.807) is 7.11 Å². The first-order chi connectivity index (χ1) is 8.00. The summed E-state index contributed by atoms with van der Waals surface area (Å²) < 4.78 is 5.56. The molecule has 0 bridgehead atoms. The van der Waals surface area contributed by atoms with Crippen molar-refractivity contribution in [3.05, 3.63) is 0 Å². The topological polar surface area (TPSA) is 67.6 Å². The van der Waals surface area contributed by atoms with Gasteiger partial charge in [0.05, 0.1) is 5.60 Å². The summed E-state index contributed by atoms with van der Waals surface area (Å²) >= 11 is 0. The number of nitrogens with two attached hydrogens (primary N) is 1. The highest BCUT2D eigenvalue weighted by atomic mass is 16.5. The van der Waals surface area contributed by atoms with Gasteiger partial charge in [-0.1, -0.05) is 0 Å². The maximum Gasteiger partial charge on any atom is 0.233 e. The molecule has 2 atom stereocenters. The Balaban J connectivity index is 2.41. The fourth-order valence-electron chi connectivity index (χ4n) is 2.38. The lowest BCUT2D eigenvalue weighted by Crippen LogP contribution is -2.50. The predicted octanol–water partition coefficient (Wildman–Crippen LogP) is 0.646. The molecule has 3 N–H and O–H groups in total. The summed E-state index contributed by atoms with van der Waals surface area (Å²) in [7, 11) is 1.77. The van der Waals surface area contributed by atoms with Gasteiger partial charge in [-0.05, 0) is 39.7 Å². The van der Waals surface area contributed by atoms with E-state index in [1.807, 2.05) is 0 Å². The summed E-state index contributed by atoms with van der Waals surface area (Å²) in [5, 5.41) is 0. The number of carbonyl (C=O) groups is 1. The number of ether oxygens (including phenoxy) is 1. The highest BCUT2D eigenvalue weighted by molar-refractivity contribution is 5.75. The second kappa shape index (κ2) is 6.33. The van der Waals surface area contributed by atoms with Gasteiger partial charge in [0.15, 0.2) is 0 Å². The molecule has 1 fully saturated rings. The van der Waals surface area contributed by atoms with Crippen molar-refractivity contribution in [2.24, 2.45) is 5.84 Å². The highest BCUT2D eigenvalue weighted by Gasteiger charge is 2.32. The molecule has 0 aromatic heterocycles. The van der Waals surface area contributed by atoms with E-state index in [0.29, 0.717) is 12.5 Å². The fraction of sp³-hybridized carbons (Fsp3) is 0.917. The van der Waals surface area contributed by atoms with E-state index in [0.717, 1.165) is 32.4 Å². The van der Waals surface area contributed by atoms with E-state index < -0.39 is 0 Å². The molecule has 17 heavy (non-hydrogen) atoms. The number of nitrogens with one attached hydrogen (secondary N) is 1. The zero-order chi connectivity index (χ0) is 12.9. The minimum absolute atomic E-state index is 0.0391. The molecule has 1 rings (SSSR count). The Hall–Kier alpha value is -0.650. The number of hydrogen-bond acceptors (Lipinski definition) is 4. The minimum Gasteiger partial charge on any atom is -0.377 e. The van der Waals surface area contributed by atoms with Crippen molar-refractivity contribution in [3.8, 4) is 0 Å². The van der Waals surface area contributed by atoms with Crippen LogP contribution in [-0.4, -0.2) is 42.6 Å². The van der Waals surface area contributed by atoms with Crippen LogP contribution in [0.5, 0.6) is 0 Å². The predicted molar refractivity (Wildman–Crippen MR) is 67.2 cm³/mol. The third-order valence-electron chi connectivity index (χ3n) is 3.75. The molecule has 0 aromatic carbocycles. The second-order valence-electron chi connectivity index (χ2n) is 5.18. The lowest BCUT2D eigenvalue weighted by atomic mass is 9.93. The number of likely N-dealkylation sites (tertiary alicyclic amines) is 1. The van der Waals surface area contributed by atoms with Crippen LogP contribution in [0.15, 0.2) is 0 Å². The van der Waals surface area contributed by atoms with Gasteiger partial charge in [0.25, 0.3) is 0 Å². The number of carbonyl (C=O) groups excluding carboxylic acids is 1. The number of hydrazine groups is 1. The van der Waals surface area contributed by atoms with Gasteiger partial charge >= 0.3 is 0 Å². The Bertz CT molecular complexity index is 260. The van der Waals surface area contributed by atoms with Gasteiger partial charge in [-0.15, -0.1) is 0 Å². The van der Waals surface area contributed by atoms with Crippen molar-refractivity contribution in [2.45, 2.75) is 51.2 Å². The van der Waals surface area contributed by atoms with Crippen molar-refractivity contribution in [1.29, 1.82) is 0 Å². The second-order valence-corrected chi connectivity index (χ2v) is 5.18. The van der Waals surface area contributed by atoms with Gasteiger partial charge in [-0.25, -0.2) is 5.84 Å². The minimum atomic E-state index is -0.0941. The Labute approximate surface area is 104 Å². The van der Waals surface area contributed by atoms with Gasteiger partial charge < -0.3 is 4.74 Å². The van der Waals surface area contributed by atoms with Crippen LogP contribution in [0.4, 0.5) is 0 Å². The highest BCUT2D eigenvalue weighted by Crippen LogP contribution is 2.26. The molecule has 1 aliphatic heterocycles. The standard InChI is InChI=1S/C12H25N3O2/c1-10(5-6-11(16)14-13)15-8-4-7-12(2,9-15)17-3/h10H,4-9,13H2,1-3H3,(H,14,16). The molecule has 5 nitrogen and oxygen atoms in total. The first-order valence-corrected chi connectivity index (χ1v) is 6.29. The van der Waals surface area contributed by atoms with Gasteiger partial charge in [0.1, 0.15) is 0 Å². The van der Waals surface area contributed by atoms with E-state index in [2.05, 4.69) is 24.2 Å². The molecule has 0 radical (unpaired) electrons. The molecule has 0 aliphatic carbocycles. The van der Waals surface area contributed by atoms with Crippen LogP contribution < -0.4 is 11.3 Å². The molecule has 100 valence electrons. The maximum atomic E-state index is 11.1. The Kier molecular flexibility index (Phi) is 5.36. The van der Waals surface area contributed by atoms with Crippen LogP contribution in [0.3, 0.4) is 0 Å². The smallest absolute Gasteiger partial charge is 0.233 e. The SMILES string of the molecule is COC1(C)CCCN(C(C)CCC(=O)NN)C1. The summed E-state index contributed by atoms with van der Waals surface area (Å²) in [6.45, 7) is 6.34. The van der Waals surface area contributed by atoms with Crippen molar-refractivity contribution >= 4 is 5.91 Å². The first-order valence-electron chi connectivity index (χ1n) is 6.29. The van der Waals surface area contributed by atoms with Crippen molar-refractivity contribution in [2.75, 3.05) is 20.2 Å². The van der Waals surface area contributed by atoms with E-state index in [9.17, 15) is 4.79 Å². The van der Waals surface area contributed by atoms with Crippen LogP contribution in [0.2, 0.25) is 0 Å². The van der Waals surface area contributed by atoms with Crippen LogP contribution in [-0.2, 0) is 9.53 Å². The molecule has 2 unspecified atom stereocenters. The Morgan fingerprint density at radius 3 is 2.94 bits per heavy atom. The van der Waals surface area contributed by atoms with E-state index >= 15 is 0 Å². The lowest BCUT2D eigenvalue weighted by molar-refractivity contribution is -0.121. The Morgan fingerprint density at radius 2 is 2.35 bits per heavy atom. The quantitative estimate of drug-likeness (QED) is 0.422. The zero-order valence-electron chi connectivity index (χ0n) is 11.2. The van der Waals surface area contributed by atoms with Crippen LogP contribution in [0, 0.1) is 0 Å². The molecular formula is C12H25N3O2. The summed E-state index contributed by atoms with van der Waals surface area (Å²) in [4.78, 5) is 13.5. The Morgan fingerprint density at radius 1 is 1.65 bits per heavy atom. The van der Waals surface area contributed by atoms with E-state index in [1.165, 1.54) is 0 Å². The van der Waals surface area contributed by atoms with Gasteiger partial charge in [0.2, 0.25) is 5.91 Å². The van der Waals surface area contributed by atoms with Gasteiger partial charge in [0, 0.05) is 26.1 Å². The average molecular weight is 243 g/mol. The monoisotopic (exact) mass is 243 g/mol. The molecule has 0 spiro atoms. The van der Waals surface area contributed by atoms with Crippen LogP contribution >= 0.6 is 0 Å².